The van der Waals surface area contributed by atoms with Crippen LogP contribution in [0.3, 0.4) is 0 Å². The van der Waals surface area contributed by atoms with Gasteiger partial charge >= 0.3 is 0 Å². The first-order valence-electron chi connectivity index (χ1n) is 6.76. The summed E-state index contributed by atoms with van der Waals surface area (Å²) < 4.78 is 0.799. The molecule has 3 N–H and O–H groups in total. The molecule has 110 valence electrons. The number of aromatic nitrogens is 1. The number of carbonyl (C=O) groups excluding carboxylic acids is 1. The fourth-order valence-electron chi connectivity index (χ4n) is 2.19. The Labute approximate surface area is 131 Å². The second kappa shape index (κ2) is 5.99. The molecule has 0 unspecified atom stereocenters. The first-order chi connectivity index (χ1) is 10.6. The number of rotatable bonds is 4. The molecule has 0 radical (unpaired) electrons. The number of ketones is 1. The summed E-state index contributed by atoms with van der Waals surface area (Å²) in [5.74, 6) is 0.0789. The van der Waals surface area contributed by atoms with Crippen molar-refractivity contribution in [2.75, 3.05) is 5.73 Å². The fourth-order valence-corrected chi connectivity index (χ4v) is 3.00. The van der Waals surface area contributed by atoms with Crippen LogP contribution >= 0.6 is 11.3 Å². The van der Waals surface area contributed by atoms with E-state index < -0.39 is 0 Å². The lowest BCUT2D eigenvalue weighted by atomic mass is 10.1. The maximum absolute atomic E-state index is 12.0. The molecule has 0 aliphatic heterocycles. The summed E-state index contributed by atoms with van der Waals surface area (Å²) in [6.45, 7) is 0. The molecule has 0 spiro atoms. The number of fused-ring (bicyclic) bond motifs is 1. The lowest BCUT2D eigenvalue weighted by molar-refractivity contribution is -0.113. The molecule has 0 aliphatic rings. The molecular formula is C17H14N2O2S. The van der Waals surface area contributed by atoms with Gasteiger partial charge in [0, 0.05) is 6.42 Å². The summed E-state index contributed by atoms with van der Waals surface area (Å²) in [6, 6.07) is 13.0. The van der Waals surface area contributed by atoms with Crippen LogP contribution in [0.2, 0.25) is 0 Å². The Balaban J connectivity index is 1.78. The van der Waals surface area contributed by atoms with E-state index in [1.165, 1.54) is 17.4 Å². The monoisotopic (exact) mass is 310 g/mol. The van der Waals surface area contributed by atoms with Crippen molar-refractivity contribution >= 4 is 38.5 Å². The molecule has 22 heavy (non-hydrogen) atoms. The number of nitrogens with two attached hydrogens (primary N) is 1. The van der Waals surface area contributed by atoms with Crippen molar-refractivity contribution in [3.8, 4) is 5.75 Å². The van der Waals surface area contributed by atoms with Crippen LogP contribution in [0.5, 0.6) is 5.75 Å². The van der Waals surface area contributed by atoms with E-state index in [0.717, 1.165) is 15.8 Å². The molecule has 3 rings (SSSR count). The zero-order valence-corrected chi connectivity index (χ0v) is 12.5. The molecule has 0 fully saturated rings. The minimum absolute atomic E-state index is 0.00889. The van der Waals surface area contributed by atoms with Crippen LogP contribution in [0, 0.1) is 0 Å². The minimum atomic E-state index is 0.00889. The van der Waals surface area contributed by atoms with Crippen LogP contribution in [0.4, 0.5) is 5.13 Å². The number of anilines is 1. The van der Waals surface area contributed by atoms with E-state index in [4.69, 9.17) is 5.73 Å². The first-order valence-corrected chi connectivity index (χ1v) is 7.57. The van der Waals surface area contributed by atoms with Gasteiger partial charge in [-0.3, -0.25) is 4.79 Å². The number of nitrogen functional groups attached to an aromatic ring is 1. The van der Waals surface area contributed by atoms with E-state index in [1.54, 1.807) is 12.1 Å². The molecule has 0 saturated heterocycles. The number of aromatic hydroxyl groups is 1. The number of carbonyl (C=O) groups is 1. The summed E-state index contributed by atoms with van der Waals surface area (Å²) in [5, 5.41) is 10.3. The van der Waals surface area contributed by atoms with Gasteiger partial charge in [-0.1, -0.05) is 47.7 Å². The molecule has 0 atom stereocenters. The topological polar surface area (TPSA) is 76.2 Å². The van der Waals surface area contributed by atoms with Crippen molar-refractivity contribution in [2.45, 2.75) is 6.42 Å². The first kappa shape index (κ1) is 14.3. The van der Waals surface area contributed by atoms with Crippen LogP contribution in [-0.4, -0.2) is 15.9 Å². The Kier molecular flexibility index (Phi) is 3.89. The Hall–Kier alpha value is -2.66. The van der Waals surface area contributed by atoms with Gasteiger partial charge in [0.1, 0.15) is 11.3 Å². The molecule has 5 heteroatoms. The molecule has 4 nitrogen and oxygen atoms in total. The smallest absolute Gasteiger partial charge is 0.181 e. The Morgan fingerprint density at radius 2 is 2.05 bits per heavy atom. The highest BCUT2D eigenvalue weighted by atomic mass is 32.1. The number of hydrogen-bond acceptors (Lipinski definition) is 5. The molecule has 0 bridgehead atoms. The zero-order valence-electron chi connectivity index (χ0n) is 11.7. The number of phenolic OH excluding ortho intramolecular Hbond substituents is 1. The van der Waals surface area contributed by atoms with Gasteiger partial charge in [-0.05, 0) is 29.3 Å². The average Bonchev–Trinajstić information content (AvgIpc) is 2.87. The SMILES string of the molecule is Nc1nc2c(O)cc(/C=C/C(=O)Cc3ccccc3)cc2s1. The molecule has 0 aliphatic carbocycles. The molecule has 0 saturated carbocycles. The number of phenols is 1. The Bertz CT molecular complexity index is 854. The number of thiazole rings is 1. The van der Waals surface area contributed by atoms with E-state index in [2.05, 4.69) is 4.98 Å². The maximum Gasteiger partial charge on any atom is 0.181 e. The Morgan fingerprint density at radius 3 is 2.82 bits per heavy atom. The van der Waals surface area contributed by atoms with Crippen LogP contribution in [0.1, 0.15) is 11.1 Å². The molecular weight excluding hydrogens is 296 g/mol. The maximum atomic E-state index is 12.0. The molecule has 1 heterocycles. The largest absolute Gasteiger partial charge is 0.506 e. The van der Waals surface area contributed by atoms with E-state index in [-0.39, 0.29) is 11.5 Å². The number of nitrogens with zero attached hydrogens (tertiary/aromatic N) is 1. The normalized spacial score (nSPS) is 11.3. The molecule has 0 amide bonds. The van der Waals surface area contributed by atoms with E-state index in [0.29, 0.717) is 17.1 Å². The number of allylic oxidation sites excluding steroid dienone is 1. The van der Waals surface area contributed by atoms with Gasteiger partial charge in [-0.25, -0.2) is 4.98 Å². The predicted molar refractivity (Wildman–Crippen MR) is 89.9 cm³/mol. The summed E-state index contributed by atoms with van der Waals surface area (Å²) in [4.78, 5) is 16.0. The third-order valence-electron chi connectivity index (χ3n) is 3.20. The van der Waals surface area contributed by atoms with Crippen LogP contribution in [0.25, 0.3) is 16.3 Å². The van der Waals surface area contributed by atoms with Crippen molar-refractivity contribution in [1.29, 1.82) is 0 Å². The minimum Gasteiger partial charge on any atom is -0.506 e. The Morgan fingerprint density at radius 1 is 1.27 bits per heavy atom. The zero-order chi connectivity index (χ0) is 15.5. The summed E-state index contributed by atoms with van der Waals surface area (Å²) in [6.07, 6.45) is 3.58. The molecule has 3 aromatic rings. The second-order valence-corrected chi connectivity index (χ2v) is 5.96. The fraction of sp³-hybridized carbons (Fsp3) is 0.0588. The lowest BCUT2D eigenvalue weighted by Gasteiger charge is -1.98. The van der Waals surface area contributed by atoms with Gasteiger partial charge in [-0.2, -0.15) is 0 Å². The number of hydrogen-bond donors (Lipinski definition) is 2. The van der Waals surface area contributed by atoms with Crippen LogP contribution in [-0.2, 0) is 11.2 Å². The van der Waals surface area contributed by atoms with E-state index in [9.17, 15) is 9.90 Å². The van der Waals surface area contributed by atoms with E-state index in [1.807, 2.05) is 36.4 Å². The second-order valence-electron chi connectivity index (χ2n) is 4.90. The van der Waals surface area contributed by atoms with E-state index >= 15 is 0 Å². The van der Waals surface area contributed by atoms with Gasteiger partial charge in [0.15, 0.2) is 10.9 Å². The summed E-state index contributed by atoms with van der Waals surface area (Å²) >= 11 is 1.31. The van der Waals surface area contributed by atoms with Gasteiger partial charge < -0.3 is 10.8 Å². The van der Waals surface area contributed by atoms with Crippen LogP contribution < -0.4 is 5.73 Å². The van der Waals surface area contributed by atoms with Crippen molar-refractivity contribution in [1.82, 2.24) is 4.98 Å². The van der Waals surface area contributed by atoms with Gasteiger partial charge in [0.05, 0.1) is 4.70 Å². The predicted octanol–water partition coefficient (Wildman–Crippen LogP) is 3.41. The van der Waals surface area contributed by atoms with Crippen molar-refractivity contribution in [3.05, 3.63) is 59.7 Å². The summed E-state index contributed by atoms with van der Waals surface area (Å²) in [5.41, 5.74) is 7.86. The molecule has 2 aromatic carbocycles. The van der Waals surface area contributed by atoms with Crippen molar-refractivity contribution in [3.63, 3.8) is 0 Å². The highest BCUT2D eigenvalue weighted by Gasteiger charge is 2.07. The van der Waals surface area contributed by atoms with Crippen molar-refractivity contribution < 1.29 is 9.90 Å². The third-order valence-corrected chi connectivity index (χ3v) is 4.03. The van der Waals surface area contributed by atoms with Gasteiger partial charge in [0.25, 0.3) is 0 Å². The van der Waals surface area contributed by atoms with Gasteiger partial charge in [-0.15, -0.1) is 0 Å². The van der Waals surface area contributed by atoms with Crippen molar-refractivity contribution in [2.24, 2.45) is 0 Å². The van der Waals surface area contributed by atoms with Crippen LogP contribution in [0.15, 0.2) is 48.5 Å². The average molecular weight is 310 g/mol. The van der Waals surface area contributed by atoms with Gasteiger partial charge in [0.2, 0.25) is 0 Å². The number of benzene rings is 2. The highest BCUT2D eigenvalue weighted by molar-refractivity contribution is 7.22. The highest BCUT2D eigenvalue weighted by Crippen LogP contribution is 2.32. The quantitative estimate of drug-likeness (QED) is 0.724. The standard InChI is InChI=1S/C17H14N2O2S/c18-17-19-16-14(21)9-12(10-15(16)22-17)6-7-13(20)8-11-4-2-1-3-5-11/h1-7,9-10,21H,8H2,(H2,18,19)/b7-6+. The molecule has 1 aromatic heterocycles. The third kappa shape index (κ3) is 3.15. The summed E-state index contributed by atoms with van der Waals surface area (Å²) in [7, 11) is 0. The lowest BCUT2D eigenvalue weighted by Crippen LogP contribution is -1.97.